The number of carbonyl (C=O) groups excluding carboxylic acids is 1. The minimum atomic E-state index is 0.0781. The summed E-state index contributed by atoms with van der Waals surface area (Å²) in [5.74, 6) is 0. The van der Waals surface area contributed by atoms with E-state index < -0.39 is 0 Å². The van der Waals surface area contributed by atoms with Crippen LogP contribution < -0.4 is 4.90 Å². The summed E-state index contributed by atoms with van der Waals surface area (Å²) >= 11 is 0. The Kier molecular flexibility index (Phi) is 3.13. The van der Waals surface area contributed by atoms with Gasteiger partial charge in [-0.1, -0.05) is 18.2 Å². The van der Waals surface area contributed by atoms with Crippen LogP contribution in [0.2, 0.25) is 0 Å². The van der Waals surface area contributed by atoms with Gasteiger partial charge < -0.3 is 4.90 Å². The lowest BCUT2D eigenvalue weighted by Crippen LogP contribution is -2.39. The van der Waals surface area contributed by atoms with Crippen molar-refractivity contribution in [2.45, 2.75) is 19.3 Å². The van der Waals surface area contributed by atoms with E-state index in [1.165, 1.54) is 5.56 Å². The van der Waals surface area contributed by atoms with Gasteiger partial charge in [0.2, 0.25) is 0 Å². The van der Waals surface area contributed by atoms with Crippen molar-refractivity contribution in [3.05, 3.63) is 29.8 Å². The summed E-state index contributed by atoms with van der Waals surface area (Å²) in [6, 6.07) is 8.29. The number of hydrogen-bond donors (Lipinski definition) is 0. The summed E-state index contributed by atoms with van der Waals surface area (Å²) in [6.45, 7) is 0.827. The van der Waals surface area contributed by atoms with E-state index in [-0.39, 0.29) is 6.03 Å². The third kappa shape index (κ3) is 2.03. The van der Waals surface area contributed by atoms with Gasteiger partial charge in [-0.15, -0.1) is 0 Å². The van der Waals surface area contributed by atoms with E-state index >= 15 is 0 Å². The Balaban J connectivity index is 2.36. The number of anilines is 1. The highest BCUT2D eigenvalue weighted by molar-refractivity contribution is 5.92. The molecule has 2 amide bonds. The van der Waals surface area contributed by atoms with Crippen molar-refractivity contribution in [1.82, 2.24) is 4.90 Å². The van der Waals surface area contributed by atoms with Gasteiger partial charge >= 0.3 is 6.03 Å². The number of para-hydroxylation sites is 1. The molecule has 0 N–H and O–H groups in total. The van der Waals surface area contributed by atoms with Gasteiger partial charge in [0, 0.05) is 26.3 Å². The predicted molar refractivity (Wildman–Crippen MR) is 65.8 cm³/mol. The molecule has 16 heavy (non-hydrogen) atoms. The van der Waals surface area contributed by atoms with E-state index in [0.29, 0.717) is 0 Å². The van der Waals surface area contributed by atoms with Gasteiger partial charge in [0.1, 0.15) is 0 Å². The molecule has 0 aliphatic carbocycles. The highest BCUT2D eigenvalue weighted by atomic mass is 16.2. The fraction of sp³-hybridized carbons (Fsp3) is 0.462. The van der Waals surface area contributed by atoms with Gasteiger partial charge in [0.15, 0.2) is 0 Å². The minimum absolute atomic E-state index is 0.0781. The van der Waals surface area contributed by atoms with Crippen LogP contribution in [0.5, 0.6) is 0 Å². The first kappa shape index (κ1) is 11.0. The maximum Gasteiger partial charge on any atom is 0.323 e. The normalized spacial score (nSPS) is 15.2. The van der Waals surface area contributed by atoms with Crippen LogP contribution in [0.4, 0.5) is 10.5 Å². The van der Waals surface area contributed by atoms with E-state index in [9.17, 15) is 4.79 Å². The second-order valence-corrected chi connectivity index (χ2v) is 4.41. The van der Waals surface area contributed by atoms with Crippen LogP contribution in [-0.4, -0.2) is 31.6 Å². The maximum atomic E-state index is 12.1. The first-order valence-corrected chi connectivity index (χ1v) is 5.77. The second-order valence-electron chi connectivity index (χ2n) is 4.41. The molecule has 1 heterocycles. The molecule has 3 nitrogen and oxygen atoms in total. The maximum absolute atomic E-state index is 12.1. The number of aryl methyl sites for hydroxylation is 1. The Morgan fingerprint density at radius 1 is 1.25 bits per heavy atom. The van der Waals surface area contributed by atoms with E-state index in [1.54, 1.807) is 19.0 Å². The topological polar surface area (TPSA) is 23.6 Å². The summed E-state index contributed by atoms with van der Waals surface area (Å²) in [6.07, 6.45) is 3.32. The predicted octanol–water partition coefficient (Wildman–Crippen LogP) is 2.51. The van der Waals surface area contributed by atoms with Crippen molar-refractivity contribution in [2.75, 3.05) is 25.5 Å². The quantitative estimate of drug-likeness (QED) is 0.656. The summed E-state index contributed by atoms with van der Waals surface area (Å²) < 4.78 is 0. The number of rotatable bonds is 0. The first-order chi connectivity index (χ1) is 7.70. The molecule has 0 saturated carbocycles. The van der Waals surface area contributed by atoms with Crippen LogP contribution in [0, 0.1) is 0 Å². The molecule has 0 bridgehead atoms. The van der Waals surface area contributed by atoms with Crippen molar-refractivity contribution >= 4 is 11.7 Å². The zero-order valence-electron chi connectivity index (χ0n) is 9.94. The summed E-state index contributed by atoms with van der Waals surface area (Å²) in [5, 5.41) is 0. The summed E-state index contributed by atoms with van der Waals surface area (Å²) in [7, 11) is 3.60. The minimum Gasteiger partial charge on any atom is -0.330 e. The van der Waals surface area contributed by atoms with Crippen LogP contribution in [0.1, 0.15) is 18.4 Å². The lowest BCUT2D eigenvalue weighted by Gasteiger charge is -2.26. The molecule has 0 atom stereocenters. The molecule has 1 aromatic rings. The van der Waals surface area contributed by atoms with Gasteiger partial charge in [0.25, 0.3) is 0 Å². The van der Waals surface area contributed by atoms with Crippen LogP contribution in [0.25, 0.3) is 0 Å². The van der Waals surface area contributed by atoms with Gasteiger partial charge in [-0.2, -0.15) is 0 Å². The van der Waals surface area contributed by atoms with E-state index in [4.69, 9.17) is 0 Å². The van der Waals surface area contributed by atoms with Crippen molar-refractivity contribution in [3.63, 3.8) is 0 Å². The van der Waals surface area contributed by atoms with Crippen LogP contribution in [0.3, 0.4) is 0 Å². The molecule has 86 valence electrons. The van der Waals surface area contributed by atoms with Crippen molar-refractivity contribution in [3.8, 4) is 0 Å². The Morgan fingerprint density at radius 3 is 2.75 bits per heavy atom. The molecular weight excluding hydrogens is 200 g/mol. The number of urea groups is 1. The third-order valence-electron chi connectivity index (χ3n) is 2.97. The molecule has 2 rings (SSSR count). The second kappa shape index (κ2) is 4.56. The zero-order valence-corrected chi connectivity index (χ0v) is 9.94. The molecule has 1 aromatic carbocycles. The van der Waals surface area contributed by atoms with Gasteiger partial charge in [-0.25, -0.2) is 4.79 Å². The number of carbonyl (C=O) groups is 1. The van der Waals surface area contributed by atoms with Crippen LogP contribution >= 0.6 is 0 Å². The Labute approximate surface area is 96.7 Å². The Bertz CT molecular complexity index is 387. The smallest absolute Gasteiger partial charge is 0.323 e. The number of hydrogen-bond acceptors (Lipinski definition) is 1. The molecule has 0 saturated heterocycles. The fourth-order valence-electron chi connectivity index (χ4n) is 2.13. The summed E-state index contributed by atoms with van der Waals surface area (Å²) in [4.78, 5) is 15.6. The zero-order chi connectivity index (χ0) is 11.5. The average Bonchev–Trinajstić information content (AvgIpc) is 2.50. The van der Waals surface area contributed by atoms with E-state index in [0.717, 1.165) is 31.5 Å². The Morgan fingerprint density at radius 2 is 2.00 bits per heavy atom. The SMILES string of the molecule is CN(C)C(=O)N1CCCCc2ccccc21. The van der Waals surface area contributed by atoms with Crippen molar-refractivity contribution in [2.24, 2.45) is 0 Å². The highest BCUT2D eigenvalue weighted by Gasteiger charge is 2.21. The average molecular weight is 218 g/mol. The number of nitrogens with zero attached hydrogens (tertiary/aromatic N) is 2. The highest BCUT2D eigenvalue weighted by Crippen LogP contribution is 2.26. The molecule has 0 radical (unpaired) electrons. The molecular formula is C13H18N2O. The van der Waals surface area contributed by atoms with Crippen molar-refractivity contribution in [1.29, 1.82) is 0 Å². The molecule has 0 aromatic heterocycles. The number of fused-ring (bicyclic) bond motifs is 1. The summed E-state index contributed by atoms with van der Waals surface area (Å²) in [5.41, 5.74) is 2.37. The van der Waals surface area contributed by atoms with E-state index in [1.807, 2.05) is 23.1 Å². The molecule has 3 heteroatoms. The molecule has 1 aliphatic heterocycles. The van der Waals surface area contributed by atoms with Crippen LogP contribution in [0.15, 0.2) is 24.3 Å². The number of benzene rings is 1. The monoisotopic (exact) mass is 218 g/mol. The largest absolute Gasteiger partial charge is 0.330 e. The van der Waals surface area contributed by atoms with Gasteiger partial charge in [0.05, 0.1) is 0 Å². The fourth-order valence-corrected chi connectivity index (χ4v) is 2.13. The first-order valence-electron chi connectivity index (χ1n) is 5.77. The molecule has 1 aliphatic rings. The van der Waals surface area contributed by atoms with Gasteiger partial charge in [-0.05, 0) is 30.9 Å². The van der Waals surface area contributed by atoms with Crippen LogP contribution in [-0.2, 0) is 6.42 Å². The standard InChI is InChI=1S/C13H18N2O/c1-14(2)13(16)15-10-6-5-8-11-7-3-4-9-12(11)15/h3-4,7,9H,5-6,8,10H2,1-2H3. The molecule has 0 unspecified atom stereocenters. The lowest BCUT2D eigenvalue weighted by molar-refractivity contribution is 0.224. The third-order valence-corrected chi connectivity index (χ3v) is 2.97. The van der Waals surface area contributed by atoms with Gasteiger partial charge in [-0.3, -0.25) is 4.90 Å². The lowest BCUT2D eigenvalue weighted by atomic mass is 10.1. The number of amides is 2. The van der Waals surface area contributed by atoms with Crippen molar-refractivity contribution < 1.29 is 4.79 Å². The molecule has 0 fully saturated rings. The molecule has 0 spiro atoms. The van der Waals surface area contributed by atoms with E-state index in [2.05, 4.69) is 6.07 Å². The Hall–Kier alpha value is -1.51.